The van der Waals surface area contributed by atoms with Gasteiger partial charge >= 0.3 is 0 Å². The molecule has 0 aliphatic carbocycles. The summed E-state index contributed by atoms with van der Waals surface area (Å²) in [5.74, 6) is 0.491. The molecule has 0 bridgehead atoms. The van der Waals surface area contributed by atoms with Crippen molar-refractivity contribution in [3.63, 3.8) is 0 Å². The van der Waals surface area contributed by atoms with Crippen LogP contribution in [0.3, 0.4) is 0 Å². The van der Waals surface area contributed by atoms with Gasteiger partial charge in [-0.15, -0.1) is 0 Å². The van der Waals surface area contributed by atoms with Crippen molar-refractivity contribution in [2.45, 2.75) is 25.8 Å². The summed E-state index contributed by atoms with van der Waals surface area (Å²) in [7, 11) is 0. The van der Waals surface area contributed by atoms with Crippen molar-refractivity contribution in [3.8, 4) is 5.75 Å². The van der Waals surface area contributed by atoms with Crippen molar-refractivity contribution < 1.29 is 9.90 Å². The predicted octanol–water partition coefficient (Wildman–Crippen LogP) is 2.26. The van der Waals surface area contributed by atoms with E-state index in [-0.39, 0.29) is 11.7 Å². The number of phenolic OH excluding ortho intramolecular Hbond substituents is 1. The van der Waals surface area contributed by atoms with Crippen molar-refractivity contribution in [2.75, 3.05) is 19.6 Å². The highest BCUT2D eigenvalue weighted by molar-refractivity contribution is 9.10. The van der Waals surface area contributed by atoms with Gasteiger partial charge in [0.05, 0.1) is 4.47 Å². The van der Waals surface area contributed by atoms with Crippen molar-refractivity contribution in [2.24, 2.45) is 0 Å². The molecule has 1 aliphatic rings. The monoisotopic (exact) mass is 326 g/mol. The number of carbonyl (C=O) groups excluding carboxylic acids is 1. The van der Waals surface area contributed by atoms with Crippen LogP contribution in [-0.4, -0.2) is 35.5 Å². The first-order chi connectivity index (χ1) is 9.16. The molecule has 19 heavy (non-hydrogen) atoms. The van der Waals surface area contributed by atoms with Crippen LogP contribution in [0.15, 0.2) is 22.7 Å². The van der Waals surface area contributed by atoms with E-state index in [2.05, 4.69) is 21.2 Å². The van der Waals surface area contributed by atoms with Gasteiger partial charge in [-0.05, 0) is 46.5 Å². The third kappa shape index (κ3) is 4.21. The minimum absolute atomic E-state index is 0.243. The van der Waals surface area contributed by atoms with Crippen LogP contribution in [0.5, 0.6) is 5.75 Å². The summed E-state index contributed by atoms with van der Waals surface area (Å²) in [6, 6.07) is 5.41. The van der Waals surface area contributed by atoms with Gasteiger partial charge in [0.15, 0.2) is 0 Å². The Labute approximate surface area is 121 Å². The zero-order valence-electron chi connectivity index (χ0n) is 10.9. The first-order valence-corrected chi connectivity index (χ1v) is 7.42. The highest BCUT2D eigenvalue weighted by Crippen LogP contribution is 2.24. The number of carbonyl (C=O) groups is 1. The molecule has 1 heterocycles. The fourth-order valence-electron chi connectivity index (χ4n) is 2.21. The molecule has 1 amide bonds. The molecule has 0 saturated carbocycles. The molecule has 0 radical (unpaired) electrons. The summed E-state index contributed by atoms with van der Waals surface area (Å²) in [5, 5.41) is 12.6. The fraction of sp³-hybridized carbons (Fsp3) is 0.500. The van der Waals surface area contributed by atoms with Crippen LogP contribution < -0.4 is 5.32 Å². The van der Waals surface area contributed by atoms with Crippen LogP contribution in [0.25, 0.3) is 0 Å². The summed E-state index contributed by atoms with van der Waals surface area (Å²) in [6.45, 7) is 3.23. The number of amides is 1. The van der Waals surface area contributed by atoms with Crippen molar-refractivity contribution in [3.05, 3.63) is 28.2 Å². The molecule has 1 aromatic rings. The predicted molar refractivity (Wildman–Crippen MR) is 77.9 cm³/mol. The fourth-order valence-corrected chi connectivity index (χ4v) is 2.64. The Balaban J connectivity index is 1.68. The lowest BCUT2D eigenvalue weighted by Gasteiger charge is -2.15. The van der Waals surface area contributed by atoms with Gasteiger partial charge < -0.3 is 15.3 Å². The highest BCUT2D eigenvalue weighted by atomic mass is 79.9. The van der Waals surface area contributed by atoms with E-state index in [4.69, 9.17) is 0 Å². The molecule has 2 N–H and O–H groups in total. The van der Waals surface area contributed by atoms with Crippen LogP contribution in [0.2, 0.25) is 0 Å². The molecule has 2 rings (SSSR count). The van der Waals surface area contributed by atoms with Crippen LogP contribution in [0.1, 0.15) is 24.8 Å². The number of halogens is 1. The highest BCUT2D eigenvalue weighted by Gasteiger charge is 2.16. The van der Waals surface area contributed by atoms with E-state index in [1.165, 1.54) is 0 Å². The SMILES string of the molecule is O=C(CCNCc1ccc(O)c(Br)c1)N1CCCC1. The van der Waals surface area contributed by atoms with Crippen molar-refractivity contribution in [1.82, 2.24) is 10.2 Å². The van der Waals surface area contributed by atoms with Gasteiger partial charge in [-0.1, -0.05) is 6.07 Å². The molecule has 1 fully saturated rings. The third-order valence-corrected chi connectivity index (χ3v) is 3.95. The Kier molecular flexibility index (Phi) is 5.22. The topological polar surface area (TPSA) is 52.6 Å². The van der Waals surface area contributed by atoms with Crippen LogP contribution in [-0.2, 0) is 11.3 Å². The van der Waals surface area contributed by atoms with Crippen LogP contribution >= 0.6 is 15.9 Å². The number of nitrogens with zero attached hydrogens (tertiary/aromatic N) is 1. The molecule has 0 spiro atoms. The molecule has 5 heteroatoms. The second-order valence-electron chi connectivity index (χ2n) is 4.80. The van der Waals surface area contributed by atoms with E-state index >= 15 is 0 Å². The largest absolute Gasteiger partial charge is 0.507 e. The lowest BCUT2D eigenvalue weighted by Crippen LogP contribution is -2.30. The molecule has 1 aromatic carbocycles. The van der Waals surface area contributed by atoms with Gasteiger partial charge in [0, 0.05) is 32.6 Å². The number of hydrogen-bond acceptors (Lipinski definition) is 3. The summed E-state index contributed by atoms with van der Waals surface area (Å²) in [4.78, 5) is 13.7. The molecular formula is C14H19BrN2O2. The summed E-state index contributed by atoms with van der Waals surface area (Å²) < 4.78 is 0.694. The second kappa shape index (κ2) is 6.91. The Hall–Kier alpha value is -1.07. The average molecular weight is 327 g/mol. The van der Waals surface area contributed by atoms with Gasteiger partial charge in [0.2, 0.25) is 5.91 Å². The van der Waals surface area contributed by atoms with Gasteiger partial charge in [-0.3, -0.25) is 4.79 Å². The third-order valence-electron chi connectivity index (χ3n) is 3.32. The maximum absolute atomic E-state index is 11.8. The Bertz CT molecular complexity index is 445. The number of benzene rings is 1. The van der Waals surface area contributed by atoms with Gasteiger partial charge in [0.25, 0.3) is 0 Å². The second-order valence-corrected chi connectivity index (χ2v) is 5.65. The minimum atomic E-state index is 0.243. The molecule has 4 nitrogen and oxygen atoms in total. The number of aromatic hydroxyl groups is 1. The number of likely N-dealkylation sites (tertiary alicyclic amines) is 1. The van der Waals surface area contributed by atoms with E-state index in [0.717, 1.165) is 31.5 Å². The normalized spacial score (nSPS) is 14.9. The molecule has 0 unspecified atom stereocenters. The van der Waals surface area contributed by atoms with E-state index in [9.17, 15) is 9.90 Å². The first-order valence-electron chi connectivity index (χ1n) is 6.63. The van der Waals surface area contributed by atoms with Gasteiger partial charge in [0.1, 0.15) is 5.75 Å². The van der Waals surface area contributed by atoms with Crippen molar-refractivity contribution in [1.29, 1.82) is 0 Å². The maximum atomic E-state index is 11.8. The van der Waals surface area contributed by atoms with E-state index in [1.54, 1.807) is 6.07 Å². The van der Waals surface area contributed by atoms with E-state index in [0.29, 0.717) is 24.0 Å². The zero-order valence-corrected chi connectivity index (χ0v) is 12.4. The molecule has 104 valence electrons. The Morgan fingerprint density at radius 3 is 2.79 bits per heavy atom. The standard InChI is InChI=1S/C14H19BrN2O2/c15-12-9-11(3-4-13(12)18)10-16-6-5-14(19)17-7-1-2-8-17/h3-4,9,16,18H,1-2,5-8,10H2. The Morgan fingerprint density at radius 1 is 1.37 bits per heavy atom. The summed E-state index contributed by atoms with van der Waals surface area (Å²) in [6.07, 6.45) is 2.83. The molecule has 1 saturated heterocycles. The average Bonchev–Trinajstić information content (AvgIpc) is 2.92. The minimum Gasteiger partial charge on any atom is -0.507 e. The maximum Gasteiger partial charge on any atom is 0.223 e. The molecule has 1 aliphatic heterocycles. The number of phenols is 1. The van der Waals surface area contributed by atoms with Crippen LogP contribution in [0.4, 0.5) is 0 Å². The number of hydrogen-bond donors (Lipinski definition) is 2. The van der Waals surface area contributed by atoms with Crippen LogP contribution in [0, 0.1) is 0 Å². The van der Waals surface area contributed by atoms with E-state index in [1.807, 2.05) is 17.0 Å². The molecular weight excluding hydrogens is 308 g/mol. The lowest BCUT2D eigenvalue weighted by molar-refractivity contribution is -0.130. The zero-order chi connectivity index (χ0) is 13.7. The molecule has 0 aromatic heterocycles. The van der Waals surface area contributed by atoms with Gasteiger partial charge in [-0.25, -0.2) is 0 Å². The lowest BCUT2D eigenvalue weighted by atomic mass is 10.2. The van der Waals surface area contributed by atoms with Crippen molar-refractivity contribution >= 4 is 21.8 Å². The van der Waals surface area contributed by atoms with Gasteiger partial charge in [-0.2, -0.15) is 0 Å². The number of nitrogens with one attached hydrogen (secondary N) is 1. The number of rotatable bonds is 5. The van der Waals surface area contributed by atoms with E-state index < -0.39 is 0 Å². The quantitative estimate of drug-likeness (QED) is 0.816. The summed E-state index contributed by atoms with van der Waals surface area (Å²) in [5.41, 5.74) is 1.08. The first kappa shape index (κ1) is 14.3. The molecule has 0 atom stereocenters. The smallest absolute Gasteiger partial charge is 0.223 e. The Morgan fingerprint density at radius 2 is 2.11 bits per heavy atom. The summed E-state index contributed by atoms with van der Waals surface area (Å²) >= 11 is 3.28.